The Morgan fingerprint density at radius 3 is 1.82 bits per heavy atom. The van der Waals surface area contributed by atoms with Gasteiger partial charge in [-0.1, -0.05) is 102 Å². The quantitative estimate of drug-likeness (QED) is 0.0893. The highest BCUT2D eigenvalue weighted by Gasteiger charge is 2.30. The molecule has 1 aliphatic rings. The molecule has 44 heavy (non-hydrogen) atoms. The van der Waals surface area contributed by atoms with Crippen molar-refractivity contribution in [2.75, 3.05) is 0 Å². The number of aryl methyl sites for hydroxylation is 2. The Balaban J connectivity index is 1.23. The Labute approximate surface area is 280 Å². The van der Waals surface area contributed by atoms with Crippen molar-refractivity contribution in [3.05, 3.63) is 81.5 Å². The number of unbranched alkanes of at least 4 members (excludes halogenated alkanes) is 10. The summed E-state index contributed by atoms with van der Waals surface area (Å²) in [6, 6.07) is 19.9. The van der Waals surface area contributed by atoms with E-state index in [0.29, 0.717) is 0 Å². The minimum atomic E-state index is 0.187. The molecule has 1 nitrogen and oxygen atoms in total. The zero-order valence-corrected chi connectivity index (χ0v) is 29.5. The van der Waals surface area contributed by atoms with E-state index in [0.717, 1.165) is 28.0 Å². The van der Waals surface area contributed by atoms with Crippen molar-refractivity contribution in [2.24, 2.45) is 0 Å². The Kier molecular flexibility index (Phi) is 11.0. The van der Waals surface area contributed by atoms with Crippen LogP contribution in [0.1, 0.15) is 117 Å². The van der Waals surface area contributed by atoms with Crippen LogP contribution in [0.2, 0.25) is 0 Å². The molecule has 6 rings (SSSR count). The van der Waals surface area contributed by atoms with Crippen molar-refractivity contribution in [1.29, 1.82) is 0 Å². The Morgan fingerprint density at radius 1 is 0.500 bits per heavy atom. The van der Waals surface area contributed by atoms with Gasteiger partial charge in [0, 0.05) is 40.4 Å². The van der Waals surface area contributed by atoms with E-state index in [9.17, 15) is 4.79 Å². The van der Waals surface area contributed by atoms with Gasteiger partial charge in [0.05, 0.1) is 4.88 Å². The average Bonchev–Trinajstić information content (AvgIpc) is 3.87. The number of fused-ring (bicyclic) bond motifs is 3. The molecule has 0 saturated carbocycles. The number of carbonyl (C=O) groups is 1. The third-order valence-electron chi connectivity index (χ3n) is 8.85. The van der Waals surface area contributed by atoms with Crippen LogP contribution in [0.15, 0.2) is 60.0 Å². The first-order valence-corrected chi connectivity index (χ1v) is 20.1. The van der Waals surface area contributed by atoms with Gasteiger partial charge in [-0.3, -0.25) is 4.79 Å². The van der Waals surface area contributed by atoms with E-state index >= 15 is 0 Å². The van der Waals surface area contributed by atoms with Gasteiger partial charge >= 0.3 is 0 Å². The van der Waals surface area contributed by atoms with Crippen molar-refractivity contribution < 1.29 is 4.79 Å². The van der Waals surface area contributed by atoms with Crippen molar-refractivity contribution in [2.45, 2.75) is 104 Å². The fraction of sp³-hybridized carbons (Fsp3) is 0.410. The van der Waals surface area contributed by atoms with Crippen LogP contribution in [0.4, 0.5) is 0 Å². The van der Waals surface area contributed by atoms with Gasteiger partial charge in [-0.2, -0.15) is 0 Å². The van der Waals surface area contributed by atoms with E-state index in [2.05, 4.69) is 55.6 Å². The SMILES string of the molecule is CCCCCCCCc1ccsc1-c1ccc(-c2sc(-c3cc4c(s3)C(=O)c3ccccc3-4)cc2CCCCCCCC)s1. The lowest BCUT2D eigenvalue weighted by atomic mass is 10.0. The second-order valence-corrected chi connectivity index (χ2v) is 16.3. The molecule has 0 aliphatic heterocycles. The molecular weight excluding hydrogens is 613 g/mol. The fourth-order valence-electron chi connectivity index (χ4n) is 6.39. The molecule has 4 aromatic heterocycles. The number of rotatable bonds is 17. The third kappa shape index (κ3) is 7.07. The molecule has 0 fully saturated rings. The van der Waals surface area contributed by atoms with Gasteiger partial charge in [-0.25, -0.2) is 0 Å². The van der Waals surface area contributed by atoms with Gasteiger partial charge in [0.1, 0.15) is 0 Å². The Bertz CT molecular complexity index is 1680. The first-order valence-electron chi connectivity index (χ1n) is 16.8. The molecule has 0 unspecified atom stereocenters. The predicted molar refractivity (Wildman–Crippen MR) is 197 cm³/mol. The van der Waals surface area contributed by atoms with E-state index in [1.807, 2.05) is 52.2 Å². The summed E-state index contributed by atoms with van der Waals surface area (Å²) in [6.45, 7) is 4.57. The van der Waals surface area contributed by atoms with Gasteiger partial charge in [-0.15, -0.1) is 45.3 Å². The summed E-state index contributed by atoms with van der Waals surface area (Å²) in [5.41, 5.74) is 6.07. The topological polar surface area (TPSA) is 17.1 Å². The molecule has 0 saturated heterocycles. The molecule has 0 atom stereocenters. The van der Waals surface area contributed by atoms with Crippen LogP contribution in [-0.4, -0.2) is 5.78 Å². The standard InChI is InChI=1S/C39H44OS4/c1-3-5-7-9-11-13-17-27-23-24-41-37(27)32-21-22-33(42-32)38-28(18-14-12-10-8-6-4-2)25-34(43-38)35-26-31-29-19-15-16-20-30(29)36(40)39(31)44-35/h15-16,19-26H,3-14,17-18H2,1-2H3. The third-order valence-corrected chi connectivity index (χ3v) is 13.8. The molecule has 1 aromatic carbocycles. The van der Waals surface area contributed by atoms with Gasteiger partial charge in [0.2, 0.25) is 5.78 Å². The smallest absolute Gasteiger partial charge is 0.204 e. The lowest BCUT2D eigenvalue weighted by Gasteiger charge is -2.04. The van der Waals surface area contributed by atoms with E-state index < -0.39 is 0 Å². The van der Waals surface area contributed by atoms with Crippen LogP contribution >= 0.6 is 45.3 Å². The molecule has 5 aromatic rings. The largest absolute Gasteiger partial charge is 0.288 e. The molecule has 4 heterocycles. The lowest BCUT2D eigenvalue weighted by molar-refractivity contribution is 0.104. The summed E-state index contributed by atoms with van der Waals surface area (Å²) >= 11 is 7.48. The first kappa shape index (κ1) is 31.7. The summed E-state index contributed by atoms with van der Waals surface area (Å²) in [5.74, 6) is 0.187. The molecule has 0 bridgehead atoms. The maximum absolute atomic E-state index is 13.2. The highest BCUT2D eigenvalue weighted by atomic mass is 32.1. The second kappa shape index (κ2) is 15.3. The van der Waals surface area contributed by atoms with E-state index in [-0.39, 0.29) is 5.78 Å². The van der Waals surface area contributed by atoms with Crippen molar-refractivity contribution >= 4 is 51.1 Å². The van der Waals surface area contributed by atoms with Crippen LogP contribution in [0.5, 0.6) is 0 Å². The van der Waals surface area contributed by atoms with Crippen molar-refractivity contribution in [3.8, 4) is 40.4 Å². The molecular formula is C39H44OS4. The molecule has 230 valence electrons. The second-order valence-electron chi connectivity index (χ2n) is 12.2. The van der Waals surface area contributed by atoms with Crippen LogP contribution in [0.25, 0.3) is 40.4 Å². The molecule has 1 aliphatic carbocycles. The molecule has 0 radical (unpaired) electrons. The van der Waals surface area contributed by atoms with Crippen LogP contribution in [0, 0.1) is 0 Å². The zero-order valence-electron chi connectivity index (χ0n) is 26.2. The number of ketones is 1. The fourth-order valence-corrected chi connectivity index (χ4v) is 11.1. The Morgan fingerprint density at radius 2 is 1.09 bits per heavy atom. The molecule has 0 amide bonds. The summed E-state index contributed by atoms with van der Waals surface area (Å²) < 4.78 is 0. The minimum absolute atomic E-state index is 0.187. The van der Waals surface area contributed by atoms with Crippen LogP contribution < -0.4 is 0 Å². The van der Waals surface area contributed by atoms with E-state index in [1.165, 1.54) is 124 Å². The number of hydrogen-bond donors (Lipinski definition) is 0. The summed E-state index contributed by atoms with van der Waals surface area (Å²) in [6.07, 6.45) is 18.2. The number of benzene rings is 1. The highest BCUT2D eigenvalue weighted by molar-refractivity contribution is 7.29. The monoisotopic (exact) mass is 656 g/mol. The first-order chi connectivity index (χ1) is 21.7. The summed E-state index contributed by atoms with van der Waals surface area (Å²) in [7, 11) is 0. The van der Waals surface area contributed by atoms with Crippen LogP contribution in [0.3, 0.4) is 0 Å². The summed E-state index contributed by atoms with van der Waals surface area (Å²) in [5, 5.41) is 2.28. The summed E-state index contributed by atoms with van der Waals surface area (Å²) in [4.78, 5) is 22.3. The van der Waals surface area contributed by atoms with Crippen molar-refractivity contribution in [3.63, 3.8) is 0 Å². The molecule has 0 N–H and O–H groups in total. The zero-order chi connectivity index (χ0) is 30.3. The lowest BCUT2D eigenvalue weighted by Crippen LogP contribution is -1.91. The van der Waals surface area contributed by atoms with Gasteiger partial charge in [-0.05, 0) is 78.1 Å². The number of hydrogen-bond acceptors (Lipinski definition) is 5. The van der Waals surface area contributed by atoms with E-state index in [1.54, 1.807) is 11.3 Å². The Hall–Kier alpha value is -2.31. The predicted octanol–water partition coefficient (Wildman–Crippen LogP) is 14.0. The van der Waals surface area contributed by atoms with Gasteiger partial charge in [0.25, 0.3) is 0 Å². The number of thiophene rings is 4. The number of carbonyl (C=O) groups excluding carboxylic acids is 1. The van der Waals surface area contributed by atoms with Crippen LogP contribution in [-0.2, 0) is 12.8 Å². The normalized spacial score (nSPS) is 12.3. The maximum atomic E-state index is 13.2. The average molecular weight is 657 g/mol. The molecule has 5 heteroatoms. The molecule has 0 spiro atoms. The van der Waals surface area contributed by atoms with Gasteiger partial charge in [0.15, 0.2) is 0 Å². The van der Waals surface area contributed by atoms with E-state index in [4.69, 9.17) is 0 Å². The van der Waals surface area contributed by atoms with Gasteiger partial charge < -0.3 is 0 Å². The highest BCUT2D eigenvalue weighted by Crippen LogP contribution is 2.49. The maximum Gasteiger partial charge on any atom is 0.204 e. The van der Waals surface area contributed by atoms with Crippen molar-refractivity contribution in [1.82, 2.24) is 0 Å². The minimum Gasteiger partial charge on any atom is -0.288 e.